The molecule has 1 aromatic heterocycles. The molecule has 2 aromatic carbocycles. The molecular weight excluding hydrogens is 352 g/mol. The maximum Gasteiger partial charge on any atom is 0.290 e. The highest BCUT2D eigenvalue weighted by atomic mass is 32.2. The summed E-state index contributed by atoms with van der Waals surface area (Å²) in [6, 6.07) is 16.7. The van der Waals surface area contributed by atoms with E-state index in [1.165, 1.54) is 12.1 Å². The molecule has 0 unspecified atom stereocenters. The normalized spacial score (nSPS) is 14.7. The zero-order valence-corrected chi connectivity index (χ0v) is 14.6. The van der Waals surface area contributed by atoms with E-state index in [1.807, 2.05) is 30.3 Å². The number of fused-ring (bicyclic) bond motifs is 1. The monoisotopic (exact) mass is 368 g/mol. The minimum Gasteiger partial charge on any atom is -0.438 e. The third-order valence-corrected chi connectivity index (χ3v) is 5.19. The molecule has 2 N–H and O–H groups in total. The number of carbonyl (C=O) groups is 1. The lowest BCUT2D eigenvalue weighted by Crippen LogP contribution is -2.28. The van der Waals surface area contributed by atoms with E-state index in [1.54, 1.807) is 4.90 Å². The van der Waals surface area contributed by atoms with Gasteiger partial charge in [-0.05, 0) is 34.0 Å². The predicted octanol–water partition coefficient (Wildman–Crippen LogP) is 2.62. The van der Waals surface area contributed by atoms with Gasteiger partial charge in [-0.2, -0.15) is 0 Å². The predicted molar refractivity (Wildman–Crippen MR) is 97.9 cm³/mol. The third-order valence-electron chi connectivity index (χ3n) is 4.41. The largest absolute Gasteiger partial charge is 0.438 e. The minimum atomic E-state index is -3.97. The van der Waals surface area contributed by atoms with Crippen molar-refractivity contribution in [2.24, 2.45) is 5.14 Å². The summed E-state index contributed by atoms with van der Waals surface area (Å²) in [6.45, 7) is 0.862. The highest BCUT2D eigenvalue weighted by molar-refractivity contribution is 7.89. The summed E-state index contributed by atoms with van der Waals surface area (Å²) in [5, 5.41) is 6.87. The Morgan fingerprint density at radius 2 is 1.81 bits per heavy atom. The summed E-state index contributed by atoms with van der Waals surface area (Å²) in [6.07, 6.45) is 2.00. The highest BCUT2D eigenvalue weighted by Gasteiger charge is 2.26. The smallest absolute Gasteiger partial charge is 0.290 e. The Labute approximate surface area is 150 Å². The molecule has 0 atom stereocenters. The lowest BCUT2D eigenvalue weighted by Gasteiger charge is -2.15. The molecule has 1 aliphatic rings. The van der Waals surface area contributed by atoms with E-state index in [-0.39, 0.29) is 11.7 Å². The van der Waals surface area contributed by atoms with Crippen LogP contribution in [0.3, 0.4) is 0 Å². The quantitative estimate of drug-likeness (QED) is 0.769. The molecular formula is C19H16N2O4S. The molecule has 2 heterocycles. The van der Waals surface area contributed by atoms with Crippen molar-refractivity contribution in [3.05, 3.63) is 72.0 Å². The van der Waals surface area contributed by atoms with E-state index in [0.29, 0.717) is 13.1 Å². The summed E-state index contributed by atoms with van der Waals surface area (Å²) in [5.74, 6) is -0.409. The Morgan fingerprint density at radius 3 is 2.58 bits per heavy atom. The Bertz CT molecular complexity index is 1140. The van der Waals surface area contributed by atoms with E-state index in [2.05, 4.69) is 18.2 Å². The molecule has 26 heavy (non-hydrogen) atoms. The number of nitrogens with two attached hydrogens (primary N) is 1. The zero-order valence-electron chi connectivity index (χ0n) is 13.8. The van der Waals surface area contributed by atoms with Crippen LogP contribution in [-0.2, 0) is 10.0 Å². The fourth-order valence-electron chi connectivity index (χ4n) is 3.15. The second-order valence-electron chi connectivity index (χ2n) is 6.11. The van der Waals surface area contributed by atoms with Gasteiger partial charge in [-0.1, -0.05) is 48.5 Å². The molecule has 0 fully saturated rings. The van der Waals surface area contributed by atoms with Crippen LogP contribution in [0.5, 0.6) is 0 Å². The minimum absolute atomic E-state index is 0.0402. The van der Waals surface area contributed by atoms with Crippen LogP contribution in [0, 0.1) is 0 Å². The average Bonchev–Trinajstić information content (AvgIpc) is 3.30. The Morgan fingerprint density at radius 1 is 1.04 bits per heavy atom. The van der Waals surface area contributed by atoms with E-state index < -0.39 is 15.1 Å². The number of sulfonamides is 1. The number of hydrogen-bond acceptors (Lipinski definition) is 4. The van der Waals surface area contributed by atoms with Gasteiger partial charge in [0.2, 0.25) is 5.09 Å². The first kappa shape index (κ1) is 16.6. The molecule has 0 aliphatic carbocycles. The first-order valence-electron chi connectivity index (χ1n) is 8.02. The number of hydrogen-bond donors (Lipinski definition) is 1. The number of furan rings is 1. The van der Waals surface area contributed by atoms with Gasteiger partial charge in [0.25, 0.3) is 15.9 Å². The number of amides is 1. The van der Waals surface area contributed by atoms with Gasteiger partial charge in [-0.25, -0.2) is 13.6 Å². The van der Waals surface area contributed by atoms with Crippen molar-refractivity contribution in [2.75, 3.05) is 13.1 Å². The van der Waals surface area contributed by atoms with Crippen molar-refractivity contribution in [3.8, 4) is 0 Å². The summed E-state index contributed by atoms with van der Waals surface area (Å²) in [5.41, 5.74) is 2.14. The van der Waals surface area contributed by atoms with Gasteiger partial charge in [-0.3, -0.25) is 4.79 Å². The highest BCUT2D eigenvalue weighted by Crippen LogP contribution is 2.29. The van der Waals surface area contributed by atoms with Crippen LogP contribution in [0.4, 0.5) is 0 Å². The topological polar surface area (TPSA) is 93.6 Å². The molecule has 0 spiro atoms. The van der Waals surface area contributed by atoms with Crippen molar-refractivity contribution >= 4 is 32.3 Å². The van der Waals surface area contributed by atoms with Crippen LogP contribution in [0.25, 0.3) is 16.3 Å². The molecule has 132 valence electrons. The second kappa shape index (κ2) is 6.12. The van der Waals surface area contributed by atoms with Crippen molar-refractivity contribution in [3.63, 3.8) is 0 Å². The molecule has 3 aromatic rings. The van der Waals surface area contributed by atoms with Gasteiger partial charge in [0, 0.05) is 13.1 Å². The van der Waals surface area contributed by atoms with Crippen LogP contribution < -0.4 is 5.14 Å². The lowest BCUT2D eigenvalue weighted by atomic mass is 9.99. The summed E-state index contributed by atoms with van der Waals surface area (Å²) < 4.78 is 27.7. The lowest BCUT2D eigenvalue weighted by molar-refractivity contribution is 0.0764. The summed E-state index contributed by atoms with van der Waals surface area (Å²) in [7, 11) is -3.97. The summed E-state index contributed by atoms with van der Waals surface area (Å²) >= 11 is 0. The SMILES string of the molecule is NS(=O)(=O)c1ccc(C(=O)N2CC=C(c3cccc4ccccc34)C2)o1. The Hall–Kier alpha value is -2.90. The Kier molecular flexibility index (Phi) is 3.90. The van der Waals surface area contributed by atoms with E-state index in [0.717, 1.165) is 21.9 Å². The van der Waals surface area contributed by atoms with Crippen LogP contribution in [0.2, 0.25) is 0 Å². The standard InChI is InChI=1S/C19H16N2O4S/c20-26(23,24)18-9-8-17(25-18)19(22)21-11-10-14(12-21)16-7-3-5-13-4-1-2-6-15(13)16/h1-10H,11-12H2,(H2,20,23,24). The van der Waals surface area contributed by atoms with Crippen molar-refractivity contribution in [1.29, 1.82) is 0 Å². The zero-order chi connectivity index (χ0) is 18.3. The maximum atomic E-state index is 12.6. The van der Waals surface area contributed by atoms with Gasteiger partial charge < -0.3 is 9.32 Å². The fraction of sp³-hybridized carbons (Fsp3) is 0.105. The molecule has 0 saturated carbocycles. The van der Waals surface area contributed by atoms with Crippen LogP contribution in [0.1, 0.15) is 16.1 Å². The van der Waals surface area contributed by atoms with Crippen molar-refractivity contribution in [1.82, 2.24) is 4.90 Å². The molecule has 0 radical (unpaired) electrons. The van der Waals surface area contributed by atoms with Crippen LogP contribution in [-0.4, -0.2) is 32.3 Å². The van der Waals surface area contributed by atoms with E-state index in [4.69, 9.17) is 9.56 Å². The fourth-order valence-corrected chi connectivity index (χ4v) is 3.62. The molecule has 7 heteroatoms. The van der Waals surface area contributed by atoms with Gasteiger partial charge in [0.1, 0.15) is 0 Å². The van der Waals surface area contributed by atoms with Crippen LogP contribution >= 0.6 is 0 Å². The van der Waals surface area contributed by atoms with Gasteiger partial charge in [0.15, 0.2) is 5.76 Å². The molecule has 1 amide bonds. The van der Waals surface area contributed by atoms with Crippen LogP contribution in [0.15, 0.2) is 70.2 Å². The summed E-state index contributed by atoms with van der Waals surface area (Å²) in [4.78, 5) is 14.2. The number of carbonyl (C=O) groups excluding carboxylic acids is 1. The first-order valence-corrected chi connectivity index (χ1v) is 9.57. The first-order chi connectivity index (χ1) is 12.4. The average molecular weight is 368 g/mol. The Balaban J connectivity index is 1.58. The third kappa shape index (κ3) is 2.91. The maximum absolute atomic E-state index is 12.6. The van der Waals surface area contributed by atoms with Crippen molar-refractivity contribution in [2.45, 2.75) is 5.09 Å². The molecule has 0 saturated heterocycles. The van der Waals surface area contributed by atoms with Crippen molar-refractivity contribution < 1.29 is 17.6 Å². The number of nitrogens with zero attached hydrogens (tertiary/aromatic N) is 1. The molecule has 4 rings (SSSR count). The number of rotatable bonds is 3. The number of primary sulfonamides is 1. The molecule has 6 nitrogen and oxygen atoms in total. The molecule has 1 aliphatic heterocycles. The van der Waals surface area contributed by atoms with Gasteiger partial charge in [0.05, 0.1) is 0 Å². The number of benzene rings is 2. The van der Waals surface area contributed by atoms with E-state index in [9.17, 15) is 13.2 Å². The molecule has 0 bridgehead atoms. The van der Waals surface area contributed by atoms with Gasteiger partial charge >= 0.3 is 0 Å². The van der Waals surface area contributed by atoms with E-state index >= 15 is 0 Å². The van der Waals surface area contributed by atoms with Gasteiger partial charge in [-0.15, -0.1) is 0 Å². The second-order valence-corrected chi connectivity index (χ2v) is 7.60.